The molecule has 0 bridgehead atoms. The number of hydrogen-bond acceptors (Lipinski definition) is 2. The van der Waals surface area contributed by atoms with Crippen molar-refractivity contribution in [3.8, 4) is 0 Å². The first-order chi connectivity index (χ1) is 8.80. The molecule has 0 aliphatic heterocycles. The molecule has 0 saturated carbocycles. The molecule has 19 heavy (non-hydrogen) atoms. The van der Waals surface area contributed by atoms with Gasteiger partial charge in [-0.1, -0.05) is 50.0 Å². The average molecular weight is 320 g/mol. The molecule has 0 unspecified atom stereocenters. The highest BCUT2D eigenvalue weighted by molar-refractivity contribution is 7.98. The van der Waals surface area contributed by atoms with E-state index in [9.17, 15) is 4.79 Å². The molecule has 1 N–H and O–H groups in total. The standard InChI is InChI=1S/C14H19Cl2NOS/c1-14(2,3)13(18)17-6-7-19-9-10-4-5-11(15)8-12(10)16/h4-5,8H,6-7,9H2,1-3H3,(H,17,18). The molecule has 1 aromatic carbocycles. The average Bonchev–Trinajstić information content (AvgIpc) is 2.29. The van der Waals surface area contributed by atoms with E-state index in [0.29, 0.717) is 16.6 Å². The van der Waals surface area contributed by atoms with Crippen LogP contribution < -0.4 is 5.32 Å². The molecule has 106 valence electrons. The van der Waals surface area contributed by atoms with Gasteiger partial charge in [-0.2, -0.15) is 11.8 Å². The number of nitrogens with one attached hydrogen (secondary N) is 1. The molecule has 0 spiro atoms. The van der Waals surface area contributed by atoms with Gasteiger partial charge in [-0.05, 0) is 17.7 Å². The molecule has 5 heteroatoms. The summed E-state index contributed by atoms with van der Waals surface area (Å²) in [6.07, 6.45) is 0. The molecule has 0 aliphatic carbocycles. The van der Waals surface area contributed by atoms with Gasteiger partial charge in [0.05, 0.1) is 0 Å². The smallest absolute Gasteiger partial charge is 0.225 e. The van der Waals surface area contributed by atoms with E-state index in [1.54, 1.807) is 17.8 Å². The highest BCUT2D eigenvalue weighted by atomic mass is 35.5. The monoisotopic (exact) mass is 319 g/mol. The third-order valence-electron chi connectivity index (χ3n) is 2.49. The predicted octanol–water partition coefficient (Wildman–Crippen LogP) is 4.39. The molecule has 0 fully saturated rings. The van der Waals surface area contributed by atoms with Crippen LogP contribution >= 0.6 is 35.0 Å². The second kappa shape index (κ2) is 7.41. The zero-order valence-electron chi connectivity index (χ0n) is 11.4. The highest BCUT2D eigenvalue weighted by Crippen LogP contribution is 2.24. The minimum absolute atomic E-state index is 0.0811. The van der Waals surface area contributed by atoms with Gasteiger partial charge >= 0.3 is 0 Å². The second-order valence-electron chi connectivity index (χ2n) is 5.29. The van der Waals surface area contributed by atoms with Crippen LogP contribution in [0.3, 0.4) is 0 Å². The summed E-state index contributed by atoms with van der Waals surface area (Å²) in [6, 6.07) is 5.52. The minimum Gasteiger partial charge on any atom is -0.355 e. The van der Waals surface area contributed by atoms with Gasteiger partial charge in [-0.15, -0.1) is 0 Å². The van der Waals surface area contributed by atoms with Crippen molar-refractivity contribution in [2.45, 2.75) is 26.5 Å². The molecule has 0 aliphatic rings. The molecule has 1 aromatic rings. The third kappa shape index (κ3) is 6.07. The first-order valence-electron chi connectivity index (χ1n) is 6.10. The van der Waals surface area contributed by atoms with Crippen molar-refractivity contribution in [2.75, 3.05) is 12.3 Å². The quantitative estimate of drug-likeness (QED) is 0.815. The Labute approximate surface area is 129 Å². The molecule has 0 radical (unpaired) electrons. The first kappa shape index (κ1) is 16.7. The molecule has 1 amide bonds. The van der Waals surface area contributed by atoms with Gasteiger partial charge in [0.15, 0.2) is 0 Å². The Morgan fingerprint density at radius 1 is 1.32 bits per heavy atom. The Kier molecular flexibility index (Phi) is 6.51. The molecular formula is C14H19Cl2NOS. The Balaban J connectivity index is 2.26. The molecular weight excluding hydrogens is 301 g/mol. The lowest BCUT2D eigenvalue weighted by Gasteiger charge is -2.17. The second-order valence-corrected chi connectivity index (χ2v) is 7.24. The van der Waals surface area contributed by atoms with Crippen LogP contribution in [0.2, 0.25) is 10.0 Å². The molecule has 2 nitrogen and oxygen atoms in total. The zero-order valence-corrected chi connectivity index (χ0v) is 13.8. The normalized spacial score (nSPS) is 11.4. The van der Waals surface area contributed by atoms with Gasteiger partial charge in [-0.25, -0.2) is 0 Å². The molecule has 1 rings (SSSR count). The van der Waals surface area contributed by atoms with E-state index >= 15 is 0 Å². The summed E-state index contributed by atoms with van der Waals surface area (Å²) in [7, 11) is 0. The van der Waals surface area contributed by atoms with Crippen molar-refractivity contribution in [1.82, 2.24) is 5.32 Å². The number of amides is 1. The van der Waals surface area contributed by atoms with Crippen LogP contribution in [0.25, 0.3) is 0 Å². The number of benzene rings is 1. The van der Waals surface area contributed by atoms with E-state index in [1.165, 1.54) is 0 Å². The number of thioether (sulfide) groups is 1. The number of halogens is 2. The molecule has 0 aromatic heterocycles. The molecule has 0 atom stereocenters. The summed E-state index contributed by atoms with van der Waals surface area (Å²) in [5.74, 6) is 1.76. The summed E-state index contributed by atoms with van der Waals surface area (Å²) in [4.78, 5) is 11.6. The van der Waals surface area contributed by atoms with Crippen molar-refractivity contribution in [1.29, 1.82) is 0 Å². The van der Waals surface area contributed by atoms with Crippen molar-refractivity contribution in [3.63, 3.8) is 0 Å². The lowest BCUT2D eigenvalue weighted by molar-refractivity contribution is -0.128. The maximum absolute atomic E-state index is 11.6. The molecule has 0 heterocycles. The zero-order chi connectivity index (χ0) is 14.5. The summed E-state index contributed by atoms with van der Waals surface area (Å²) >= 11 is 13.7. The van der Waals surface area contributed by atoms with Gasteiger partial charge in [-0.3, -0.25) is 4.79 Å². The van der Waals surface area contributed by atoms with Crippen LogP contribution in [0, 0.1) is 5.41 Å². The van der Waals surface area contributed by atoms with Gasteiger partial charge in [0.1, 0.15) is 0 Å². The minimum atomic E-state index is -0.329. The predicted molar refractivity (Wildman–Crippen MR) is 85.1 cm³/mol. The summed E-state index contributed by atoms with van der Waals surface area (Å²) < 4.78 is 0. The third-order valence-corrected chi connectivity index (χ3v) is 4.08. The van der Waals surface area contributed by atoms with E-state index in [4.69, 9.17) is 23.2 Å². The Morgan fingerprint density at radius 3 is 2.58 bits per heavy atom. The number of carbonyl (C=O) groups is 1. The van der Waals surface area contributed by atoms with Crippen molar-refractivity contribution in [3.05, 3.63) is 33.8 Å². The van der Waals surface area contributed by atoms with Crippen molar-refractivity contribution >= 4 is 40.9 Å². The lowest BCUT2D eigenvalue weighted by atomic mass is 9.96. The maximum atomic E-state index is 11.6. The Hall–Kier alpha value is -0.380. The van der Waals surface area contributed by atoms with E-state index < -0.39 is 0 Å². The fraction of sp³-hybridized carbons (Fsp3) is 0.500. The number of hydrogen-bond donors (Lipinski definition) is 1. The number of carbonyl (C=O) groups excluding carboxylic acids is 1. The van der Waals surface area contributed by atoms with E-state index in [1.807, 2.05) is 32.9 Å². The van der Waals surface area contributed by atoms with Crippen LogP contribution in [0.15, 0.2) is 18.2 Å². The van der Waals surface area contributed by atoms with Crippen molar-refractivity contribution in [2.24, 2.45) is 5.41 Å². The van der Waals surface area contributed by atoms with Gasteiger partial charge in [0.25, 0.3) is 0 Å². The van der Waals surface area contributed by atoms with Crippen LogP contribution in [0.4, 0.5) is 0 Å². The van der Waals surface area contributed by atoms with Crippen LogP contribution in [0.1, 0.15) is 26.3 Å². The van der Waals surface area contributed by atoms with Crippen LogP contribution in [-0.4, -0.2) is 18.2 Å². The van der Waals surface area contributed by atoms with Crippen LogP contribution in [0.5, 0.6) is 0 Å². The summed E-state index contributed by atoms with van der Waals surface area (Å²) in [6.45, 7) is 6.39. The summed E-state index contributed by atoms with van der Waals surface area (Å²) in [5.41, 5.74) is 0.739. The fourth-order valence-corrected chi connectivity index (χ4v) is 2.74. The molecule has 0 saturated heterocycles. The highest BCUT2D eigenvalue weighted by Gasteiger charge is 2.20. The lowest BCUT2D eigenvalue weighted by Crippen LogP contribution is -2.36. The van der Waals surface area contributed by atoms with Gasteiger partial charge < -0.3 is 5.32 Å². The SMILES string of the molecule is CC(C)(C)C(=O)NCCSCc1ccc(Cl)cc1Cl. The van der Waals surface area contributed by atoms with E-state index in [-0.39, 0.29) is 11.3 Å². The van der Waals surface area contributed by atoms with Gasteiger partial charge in [0.2, 0.25) is 5.91 Å². The Bertz CT molecular complexity index is 444. The first-order valence-corrected chi connectivity index (χ1v) is 8.02. The van der Waals surface area contributed by atoms with E-state index in [0.717, 1.165) is 17.1 Å². The van der Waals surface area contributed by atoms with Crippen LogP contribution in [-0.2, 0) is 10.5 Å². The Morgan fingerprint density at radius 2 is 2.00 bits per heavy atom. The van der Waals surface area contributed by atoms with Crippen molar-refractivity contribution < 1.29 is 4.79 Å². The fourth-order valence-electron chi connectivity index (χ4n) is 1.32. The topological polar surface area (TPSA) is 29.1 Å². The van der Waals surface area contributed by atoms with Gasteiger partial charge in [0, 0.05) is 33.5 Å². The van der Waals surface area contributed by atoms with E-state index in [2.05, 4.69) is 5.32 Å². The summed E-state index contributed by atoms with van der Waals surface area (Å²) in [5, 5.41) is 4.26. The maximum Gasteiger partial charge on any atom is 0.225 e. The number of rotatable bonds is 5. The largest absolute Gasteiger partial charge is 0.355 e.